The standard InChI is InChI=1S/C17H12Cl2N4O3/c1-10-2-3-12(6-15(10)19)21-9-11(8-20)17(24)22-16-7-13(23(25)26)4-5-14(16)18/h2-7,9,21H,1H3,(H,22,24)/b11-9-. The first-order valence-electron chi connectivity index (χ1n) is 7.20. The van der Waals surface area contributed by atoms with Crippen molar-refractivity contribution < 1.29 is 9.72 Å². The summed E-state index contributed by atoms with van der Waals surface area (Å²) in [6.07, 6.45) is 1.21. The van der Waals surface area contributed by atoms with Gasteiger partial charge in [-0.1, -0.05) is 29.3 Å². The minimum atomic E-state index is -0.763. The molecule has 0 bridgehead atoms. The molecule has 7 nitrogen and oxygen atoms in total. The van der Waals surface area contributed by atoms with Crippen LogP contribution in [0, 0.1) is 28.4 Å². The number of hydrogen-bond acceptors (Lipinski definition) is 5. The van der Waals surface area contributed by atoms with Gasteiger partial charge >= 0.3 is 0 Å². The van der Waals surface area contributed by atoms with E-state index in [1.165, 1.54) is 18.3 Å². The number of nitrogens with one attached hydrogen (secondary N) is 2. The molecule has 0 aliphatic carbocycles. The summed E-state index contributed by atoms with van der Waals surface area (Å²) >= 11 is 11.9. The molecule has 0 aliphatic rings. The van der Waals surface area contributed by atoms with Crippen LogP contribution < -0.4 is 10.6 Å². The minimum absolute atomic E-state index is 0.0328. The second-order valence-corrected chi connectivity index (χ2v) is 5.97. The number of nitrogens with zero attached hydrogens (tertiary/aromatic N) is 2. The Bertz CT molecular complexity index is 952. The molecule has 0 atom stereocenters. The summed E-state index contributed by atoms with van der Waals surface area (Å²) in [6, 6.07) is 10.5. The van der Waals surface area contributed by atoms with Crippen LogP contribution in [0.4, 0.5) is 17.1 Å². The van der Waals surface area contributed by atoms with Crippen LogP contribution >= 0.6 is 23.2 Å². The van der Waals surface area contributed by atoms with Gasteiger partial charge in [-0.2, -0.15) is 5.26 Å². The summed E-state index contributed by atoms with van der Waals surface area (Å²) in [7, 11) is 0. The second kappa shape index (κ2) is 8.34. The number of hydrogen-bond donors (Lipinski definition) is 2. The average Bonchev–Trinajstić information content (AvgIpc) is 2.60. The number of non-ortho nitro benzene ring substituents is 1. The van der Waals surface area contributed by atoms with Crippen molar-refractivity contribution in [1.82, 2.24) is 0 Å². The van der Waals surface area contributed by atoms with Crippen molar-refractivity contribution in [2.24, 2.45) is 0 Å². The number of benzene rings is 2. The fraction of sp³-hybridized carbons (Fsp3) is 0.0588. The molecule has 0 heterocycles. The molecule has 0 radical (unpaired) electrons. The summed E-state index contributed by atoms with van der Waals surface area (Å²) in [5.41, 5.74) is 1.03. The summed E-state index contributed by atoms with van der Waals surface area (Å²) in [4.78, 5) is 22.4. The van der Waals surface area contributed by atoms with Gasteiger partial charge in [-0.3, -0.25) is 14.9 Å². The van der Waals surface area contributed by atoms with Crippen LogP contribution in [0.15, 0.2) is 48.2 Å². The van der Waals surface area contributed by atoms with E-state index >= 15 is 0 Å². The van der Waals surface area contributed by atoms with Gasteiger partial charge in [-0.15, -0.1) is 0 Å². The van der Waals surface area contributed by atoms with Crippen molar-refractivity contribution >= 4 is 46.2 Å². The predicted molar refractivity (Wildman–Crippen MR) is 100 cm³/mol. The fourth-order valence-electron chi connectivity index (χ4n) is 1.90. The molecule has 0 unspecified atom stereocenters. The number of nitro groups is 1. The molecule has 2 aromatic carbocycles. The van der Waals surface area contributed by atoms with Crippen LogP contribution in [0.1, 0.15) is 5.56 Å². The molecule has 132 valence electrons. The van der Waals surface area contributed by atoms with Crippen LogP contribution in [0.25, 0.3) is 0 Å². The molecule has 26 heavy (non-hydrogen) atoms. The van der Waals surface area contributed by atoms with Crippen molar-refractivity contribution in [2.75, 3.05) is 10.6 Å². The number of rotatable bonds is 5. The summed E-state index contributed by atoms with van der Waals surface area (Å²) in [5, 5.41) is 25.8. The lowest BCUT2D eigenvalue weighted by Gasteiger charge is -2.07. The van der Waals surface area contributed by atoms with E-state index in [0.717, 1.165) is 11.6 Å². The highest BCUT2D eigenvalue weighted by Gasteiger charge is 2.15. The SMILES string of the molecule is Cc1ccc(N/C=C(/C#N)C(=O)Nc2cc([N+](=O)[O-])ccc2Cl)cc1Cl. The molecular weight excluding hydrogens is 379 g/mol. The Kier molecular flexibility index (Phi) is 6.17. The number of carbonyl (C=O) groups is 1. The van der Waals surface area contributed by atoms with Gasteiger partial charge in [0.2, 0.25) is 0 Å². The van der Waals surface area contributed by atoms with Gasteiger partial charge in [-0.05, 0) is 30.7 Å². The van der Waals surface area contributed by atoms with E-state index in [1.54, 1.807) is 24.3 Å². The van der Waals surface area contributed by atoms with E-state index in [0.29, 0.717) is 10.7 Å². The van der Waals surface area contributed by atoms with E-state index in [2.05, 4.69) is 10.6 Å². The van der Waals surface area contributed by atoms with Gasteiger partial charge in [0.1, 0.15) is 11.6 Å². The highest BCUT2D eigenvalue weighted by molar-refractivity contribution is 6.34. The Hall–Kier alpha value is -3.08. The lowest BCUT2D eigenvalue weighted by molar-refractivity contribution is -0.384. The fourth-order valence-corrected chi connectivity index (χ4v) is 2.24. The third-order valence-corrected chi connectivity index (χ3v) is 4.07. The molecule has 2 rings (SSSR count). The van der Waals surface area contributed by atoms with Crippen molar-refractivity contribution in [2.45, 2.75) is 6.92 Å². The molecule has 9 heteroatoms. The lowest BCUT2D eigenvalue weighted by Crippen LogP contribution is -2.15. The number of nitro benzene ring substituents is 1. The number of amides is 1. The van der Waals surface area contributed by atoms with E-state index in [1.807, 2.05) is 6.92 Å². The summed E-state index contributed by atoms with van der Waals surface area (Å²) in [5.74, 6) is -0.763. The maximum atomic E-state index is 12.2. The van der Waals surface area contributed by atoms with Gasteiger partial charge in [-0.25, -0.2) is 0 Å². The van der Waals surface area contributed by atoms with Crippen LogP contribution in [-0.2, 0) is 4.79 Å². The Morgan fingerprint density at radius 3 is 2.58 bits per heavy atom. The van der Waals surface area contributed by atoms with E-state index in [4.69, 9.17) is 23.2 Å². The molecule has 2 aromatic rings. The Morgan fingerprint density at radius 2 is 1.96 bits per heavy atom. The van der Waals surface area contributed by atoms with Gasteiger partial charge in [0.15, 0.2) is 0 Å². The van der Waals surface area contributed by atoms with Crippen LogP contribution in [0.2, 0.25) is 10.0 Å². The number of halogens is 2. The smallest absolute Gasteiger partial charge is 0.271 e. The number of carbonyl (C=O) groups excluding carboxylic acids is 1. The maximum absolute atomic E-state index is 12.2. The van der Waals surface area contributed by atoms with Crippen molar-refractivity contribution in [1.29, 1.82) is 5.26 Å². The third-order valence-electron chi connectivity index (χ3n) is 3.33. The molecule has 1 amide bonds. The largest absolute Gasteiger partial charge is 0.360 e. The third kappa shape index (κ3) is 4.72. The highest BCUT2D eigenvalue weighted by atomic mass is 35.5. The van der Waals surface area contributed by atoms with Crippen molar-refractivity contribution in [3.63, 3.8) is 0 Å². The van der Waals surface area contributed by atoms with Crippen LogP contribution in [-0.4, -0.2) is 10.8 Å². The topological polar surface area (TPSA) is 108 Å². The second-order valence-electron chi connectivity index (χ2n) is 5.15. The summed E-state index contributed by atoms with van der Waals surface area (Å²) < 4.78 is 0. The Balaban J connectivity index is 2.18. The minimum Gasteiger partial charge on any atom is -0.360 e. The molecule has 0 aromatic heterocycles. The van der Waals surface area contributed by atoms with Crippen molar-refractivity contribution in [3.8, 4) is 6.07 Å². The number of aryl methyl sites for hydroxylation is 1. The van der Waals surface area contributed by atoms with Gasteiger partial charge in [0.05, 0.1) is 15.6 Å². The zero-order valence-electron chi connectivity index (χ0n) is 13.4. The number of nitriles is 1. The van der Waals surface area contributed by atoms with Crippen LogP contribution in [0.3, 0.4) is 0 Å². The van der Waals surface area contributed by atoms with Gasteiger partial charge in [0.25, 0.3) is 11.6 Å². The molecular formula is C17H12Cl2N4O3. The lowest BCUT2D eigenvalue weighted by atomic mass is 10.2. The zero-order chi connectivity index (χ0) is 19.3. The van der Waals surface area contributed by atoms with Crippen LogP contribution in [0.5, 0.6) is 0 Å². The summed E-state index contributed by atoms with van der Waals surface area (Å²) in [6.45, 7) is 1.85. The van der Waals surface area contributed by atoms with Crippen molar-refractivity contribution in [3.05, 3.63) is 73.9 Å². The van der Waals surface area contributed by atoms with E-state index in [9.17, 15) is 20.2 Å². The van der Waals surface area contributed by atoms with Gasteiger partial charge in [0, 0.05) is 29.0 Å². The first kappa shape index (κ1) is 19.2. The Labute approximate surface area is 159 Å². The molecule has 0 aliphatic heterocycles. The monoisotopic (exact) mass is 390 g/mol. The molecule has 2 N–H and O–H groups in total. The molecule has 0 fully saturated rings. The average molecular weight is 391 g/mol. The zero-order valence-corrected chi connectivity index (χ0v) is 14.9. The molecule has 0 spiro atoms. The predicted octanol–water partition coefficient (Wildman–Crippen LogP) is 4.67. The first-order chi connectivity index (χ1) is 12.3. The molecule has 0 saturated carbocycles. The van der Waals surface area contributed by atoms with Gasteiger partial charge < -0.3 is 10.6 Å². The van der Waals surface area contributed by atoms with E-state index in [-0.39, 0.29) is 22.0 Å². The first-order valence-corrected chi connectivity index (χ1v) is 7.95. The normalized spacial score (nSPS) is 10.8. The number of anilines is 2. The molecule has 0 saturated heterocycles. The van der Waals surface area contributed by atoms with E-state index < -0.39 is 10.8 Å². The highest BCUT2D eigenvalue weighted by Crippen LogP contribution is 2.27. The maximum Gasteiger partial charge on any atom is 0.271 e. The Morgan fingerprint density at radius 1 is 1.23 bits per heavy atom. The quantitative estimate of drug-likeness (QED) is 0.333.